The molecule has 0 saturated heterocycles. The molecule has 0 aliphatic carbocycles. The van der Waals surface area contributed by atoms with Gasteiger partial charge < -0.3 is 9.13 Å². The van der Waals surface area contributed by atoms with Crippen molar-refractivity contribution in [3.63, 3.8) is 0 Å². The fourth-order valence-electron chi connectivity index (χ4n) is 9.63. The van der Waals surface area contributed by atoms with Gasteiger partial charge in [-0.15, -0.1) is 11.3 Å². The maximum Gasteiger partial charge on any atom is 0.0788 e. The SMILES string of the molecule is c1ccc2c(c1)nc(-c1ccc(-c3cc(-n4c5ccccc5c5ccccc54)cc(-n4c5ccccc5c5ccccc54)c3)cc1)c1cc3sc4ccccc4c3cc12. The summed E-state index contributed by atoms with van der Waals surface area (Å²) >= 11 is 1.86. The second-order valence-electron chi connectivity index (χ2n) is 15.5. The summed E-state index contributed by atoms with van der Waals surface area (Å²) in [6.07, 6.45) is 0. The first-order chi connectivity index (χ1) is 29.2. The first kappa shape index (κ1) is 32.5. The van der Waals surface area contributed by atoms with Crippen LogP contribution in [0.15, 0.2) is 200 Å². The molecule has 0 saturated carbocycles. The van der Waals surface area contributed by atoms with Gasteiger partial charge in [-0.2, -0.15) is 0 Å². The lowest BCUT2D eigenvalue weighted by atomic mass is 9.96. The van der Waals surface area contributed by atoms with Crippen molar-refractivity contribution in [2.45, 2.75) is 0 Å². The molecule has 0 N–H and O–H groups in total. The predicted octanol–water partition coefficient (Wildman–Crippen LogP) is 15.3. The number of nitrogens with zero attached hydrogens (tertiary/aromatic N) is 3. The van der Waals surface area contributed by atoms with Gasteiger partial charge in [0.1, 0.15) is 0 Å². The van der Waals surface area contributed by atoms with Crippen LogP contribution in [0.5, 0.6) is 0 Å². The minimum Gasteiger partial charge on any atom is -0.309 e. The maximum absolute atomic E-state index is 5.35. The second-order valence-corrected chi connectivity index (χ2v) is 16.6. The summed E-state index contributed by atoms with van der Waals surface area (Å²) < 4.78 is 7.46. The third-order valence-electron chi connectivity index (χ3n) is 12.3. The third kappa shape index (κ3) is 4.84. The Labute approximate surface area is 343 Å². The molecule has 0 radical (unpaired) electrons. The van der Waals surface area contributed by atoms with Gasteiger partial charge in [-0.25, -0.2) is 4.98 Å². The molecular formula is C55H33N3S. The van der Waals surface area contributed by atoms with Gasteiger partial charge in [-0.1, -0.05) is 133 Å². The highest BCUT2D eigenvalue weighted by Crippen LogP contribution is 2.42. The summed E-state index contributed by atoms with van der Waals surface area (Å²) in [4.78, 5) is 5.35. The van der Waals surface area contributed by atoms with E-state index in [9.17, 15) is 0 Å². The molecule has 4 aromatic heterocycles. The molecule has 0 aliphatic rings. The average Bonchev–Trinajstić information content (AvgIpc) is 3.95. The number of para-hydroxylation sites is 5. The fraction of sp³-hybridized carbons (Fsp3) is 0. The molecule has 0 aliphatic heterocycles. The summed E-state index contributed by atoms with van der Waals surface area (Å²) in [5.41, 5.74) is 12.4. The Kier molecular flexibility index (Phi) is 6.89. The molecule has 3 nitrogen and oxygen atoms in total. The van der Waals surface area contributed by atoms with Crippen LogP contribution >= 0.6 is 11.3 Å². The molecule has 4 heterocycles. The maximum atomic E-state index is 5.35. The van der Waals surface area contributed by atoms with E-state index in [-0.39, 0.29) is 0 Å². The van der Waals surface area contributed by atoms with Gasteiger partial charge in [0.2, 0.25) is 0 Å². The number of hydrogen-bond donors (Lipinski definition) is 0. The fourth-order valence-corrected chi connectivity index (χ4v) is 10.8. The minimum absolute atomic E-state index is 1.01. The van der Waals surface area contributed by atoms with E-state index in [1.54, 1.807) is 0 Å². The normalized spacial score (nSPS) is 12.1. The monoisotopic (exact) mass is 767 g/mol. The molecule has 0 fully saturated rings. The molecule has 59 heavy (non-hydrogen) atoms. The summed E-state index contributed by atoms with van der Waals surface area (Å²) in [6, 6.07) is 73.2. The van der Waals surface area contributed by atoms with Crippen LogP contribution in [0.3, 0.4) is 0 Å². The predicted molar refractivity (Wildman–Crippen MR) is 252 cm³/mol. The number of fused-ring (bicyclic) bond motifs is 12. The van der Waals surface area contributed by atoms with Crippen molar-refractivity contribution >= 4 is 96.8 Å². The Morgan fingerprint density at radius 1 is 0.305 bits per heavy atom. The van der Waals surface area contributed by atoms with Gasteiger partial charge >= 0.3 is 0 Å². The van der Waals surface area contributed by atoms with E-state index in [0.717, 1.165) is 39.3 Å². The van der Waals surface area contributed by atoms with Gasteiger partial charge in [0.05, 0.1) is 33.3 Å². The van der Waals surface area contributed by atoms with Crippen LogP contribution in [0.4, 0.5) is 0 Å². The second kappa shape index (κ2) is 12.5. The van der Waals surface area contributed by atoms with Crippen LogP contribution < -0.4 is 0 Å². The molecule has 274 valence electrons. The van der Waals surface area contributed by atoms with E-state index in [2.05, 4.69) is 209 Å². The van der Waals surface area contributed by atoms with Crippen molar-refractivity contribution in [1.29, 1.82) is 0 Å². The lowest BCUT2D eigenvalue weighted by Gasteiger charge is -2.16. The Balaban J connectivity index is 1.04. The van der Waals surface area contributed by atoms with Crippen molar-refractivity contribution < 1.29 is 0 Å². The Bertz CT molecular complexity index is 3610. The molecule has 13 rings (SSSR count). The summed E-state index contributed by atoms with van der Waals surface area (Å²) in [6.45, 7) is 0. The number of pyridine rings is 1. The summed E-state index contributed by atoms with van der Waals surface area (Å²) in [7, 11) is 0. The molecule has 4 heteroatoms. The first-order valence-corrected chi connectivity index (χ1v) is 20.9. The quantitative estimate of drug-likeness (QED) is 0.164. The van der Waals surface area contributed by atoms with Crippen LogP contribution in [0.25, 0.3) is 119 Å². The average molecular weight is 768 g/mol. The van der Waals surface area contributed by atoms with Gasteiger partial charge in [-0.3, -0.25) is 0 Å². The number of thiophene rings is 1. The standard InChI is InChI=1S/C55H33N3S/c1-7-19-48-39(13-1)45-32-46-44-18-6-12-24-53(44)59-54(46)33-47(45)55(56-48)35-27-25-34(26-28-35)36-29-37(57-49-20-8-2-14-40(49)41-15-3-9-21-50(41)57)31-38(30-36)58-51-22-10-4-16-42(51)43-17-5-11-23-52(43)58/h1-33H. The lowest BCUT2D eigenvalue weighted by molar-refractivity contribution is 1.13. The Morgan fingerprint density at radius 3 is 1.36 bits per heavy atom. The van der Waals surface area contributed by atoms with Crippen molar-refractivity contribution in [3.8, 4) is 33.8 Å². The van der Waals surface area contributed by atoms with Crippen LogP contribution in [0, 0.1) is 0 Å². The first-order valence-electron chi connectivity index (χ1n) is 20.1. The van der Waals surface area contributed by atoms with Crippen LogP contribution in [0.2, 0.25) is 0 Å². The molecular weight excluding hydrogens is 735 g/mol. The van der Waals surface area contributed by atoms with E-state index in [4.69, 9.17) is 4.98 Å². The highest BCUT2D eigenvalue weighted by molar-refractivity contribution is 7.25. The smallest absolute Gasteiger partial charge is 0.0788 e. The number of benzene rings is 9. The van der Waals surface area contributed by atoms with Crippen molar-refractivity contribution in [3.05, 3.63) is 200 Å². The minimum atomic E-state index is 1.01. The molecule has 0 bridgehead atoms. The highest BCUT2D eigenvalue weighted by atomic mass is 32.1. The van der Waals surface area contributed by atoms with Crippen LogP contribution in [-0.4, -0.2) is 14.1 Å². The lowest BCUT2D eigenvalue weighted by Crippen LogP contribution is -2.00. The Hall–Kier alpha value is -7.53. The van der Waals surface area contributed by atoms with Gasteiger partial charge in [0.15, 0.2) is 0 Å². The zero-order valence-electron chi connectivity index (χ0n) is 31.8. The largest absolute Gasteiger partial charge is 0.309 e. The molecule has 0 spiro atoms. The van der Waals surface area contributed by atoms with Crippen molar-refractivity contribution in [1.82, 2.24) is 14.1 Å². The third-order valence-corrected chi connectivity index (χ3v) is 13.4. The van der Waals surface area contributed by atoms with E-state index in [1.807, 2.05) is 11.3 Å². The van der Waals surface area contributed by atoms with Crippen molar-refractivity contribution in [2.24, 2.45) is 0 Å². The number of hydrogen-bond acceptors (Lipinski definition) is 2. The van der Waals surface area contributed by atoms with Crippen LogP contribution in [0.1, 0.15) is 0 Å². The molecule has 13 aromatic rings. The van der Waals surface area contributed by atoms with E-state index < -0.39 is 0 Å². The summed E-state index contributed by atoms with van der Waals surface area (Å²) in [5, 5.41) is 11.2. The highest BCUT2D eigenvalue weighted by Gasteiger charge is 2.19. The zero-order valence-corrected chi connectivity index (χ0v) is 32.6. The van der Waals surface area contributed by atoms with E-state index in [0.29, 0.717) is 0 Å². The summed E-state index contributed by atoms with van der Waals surface area (Å²) in [5.74, 6) is 0. The van der Waals surface area contributed by atoms with Gasteiger partial charge in [0, 0.05) is 69.4 Å². The molecule has 0 unspecified atom stereocenters. The molecule has 0 amide bonds. The topological polar surface area (TPSA) is 22.8 Å². The van der Waals surface area contributed by atoms with Crippen molar-refractivity contribution in [2.75, 3.05) is 0 Å². The number of aromatic nitrogens is 3. The van der Waals surface area contributed by atoms with Gasteiger partial charge in [0.25, 0.3) is 0 Å². The number of rotatable bonds is 4. The van der Waals surface area contributed by atoms with E-state index >= 15 is 0 Å². The van der Waals surface area contributed by atoms with Gasteiger partial charge in [-0.05, 0) is 83.2 Å². The Morgan fingerprint density at radius 2 is 0.780 bits per heavy atom. The van der Waals surface area contributed by atoms with E-state index in [1.165, 1.54) is 79.9 Å². The van der Waals surface area contributed by atoms with Crippen LogP contribution in [-0.2, 0) is 0 Å². The zero-order chi connectivity index (χ0) is 38.6. The molecule has 0 atom stereocenters. The molecule has 9 aromatic carbocycles.